The van der Waals surface area contributed by atoms with Gasteiger partial charge in [-0.3, -0.25) is 14.9 Å². The van der Waals surface area contributed by atoms with E-state index in [1.807, 2.05) is 0 Å². The molecule has 0 saturated carbocycles. The molecule has 0 amide bonds. The predicted molar refractivity (Wildman–Crippen MR) is 75.5 cm³/mol. The van der Waals surface area contributed by atoms with Gasteiger partial charge in [0.15, 0.2) is 0 Å². The summed E-state index contributed by atoms with van der Waals surface area (Å²) in [6.45, 7) is 1.78. The van der Waals surface area contributed by atoms with E-state index < -0.39 is 4.92 Å². The molecule has 1 aromatic heterocycles. The Hall–Kier alpha value is -1.97. The number of benzene rings is 1. The van der Waals surface area contributed by atoms with Gasteiger partial charge in [0.25, 0.3) is 5.56 Å². The van der Waals surface area contributed by atoms with Crippen LogP contribution in [0, 0.1) is 20.6 Å². The smallest absolute Gasteiger partial charge is 0.311 e. The SMILES string of the molecule is Cc1ccc([N+](=O)[O-])c(Oc2nc[nH]c(=O)c2I)c1. The Kier molecular flexibility index (Phi) is 3.79. The van der Waals surface area contributed by atoms with Crippen molar-refractivity contribution >= 4 is 28.3 Å². The Morgan fingerprint density at radius 1 is 1.47 bits per heavy atom. The van der Waals surface area contributed by atoms with Gasteiger partial charge in [-0.25, -0.2) is 4.98 Å². The molecule has 1 N–H and O–H groups in total. The van der Waals surface area contributed by atoms with Crippen molar-refractivity contribution in [3.63, 3.8) is 0 Å². The lowest BCUT2D eigenvalue weighted by atomic mass is 10.2. The Bertz CT molecular complexity index is 699. The second kappa shape index (κ2) is 5.34. The van der Waals surface area contributed by atoms with Crippen LogP contribution in [-0.4, -0.2) is 14.9 Å². The molecule has 2 rings (SSSR count). The van der Waals surface area contributed by atoms with E-state index in [1.54, 1.807) is 35.6 Å². The second-order valence-electron chi connectivity index (χ2n) is 3.68. The summed E-state index contributed by atoms with van der Waals surface area (Å²) in [5, 5.41) is 10.9. The number of nitrogens with zero attached hydrogens (tertiary/aromatic N) is 2. The quantitative estimate of drug-likeness (QED) is 0.506. The van der Waals surface area contributed by atoms with Crippen LogP contribution in [0.2, 0.25) is 0 Å². The number of aromatic nitrogens is 2. The maximum atomic E-state index is 11.4. The fourth-order valence-electron chi connectivity index (χ4n) is 1.40. The zero-order valence-electron chi connectivity index (χ0n) is 9.71. The summed E-state index contributed by atoms with van der Waals surface area (Å²) >= 11 is 1.77. The van der Waals surface area contributed by atoms with E-state index in [2.05, 4.69) is 9.97 Å². The minimum atomic E-state index is -0.547. The number of aryl methyl sites for hydroxylation is 1. The molecule has 1 heterocycles. The van der Waals surface area contributed by atoms with Crippen LogP contribution in [-0.2, 0) is 0 Å². The van der Waals surface area contributed by atoms with Crippen LogP contribution >= 0.6 is 22.6 Å². The molecule has 19 heavy (non-hydrogen) atoms. The Balaban J connectivity index is 2.48. The molecule has 0 aliphatic rings. The molecule has 2 aromatic rings. The highest BCUT2D eigenvalue weighted by atomic mass is 127. The highest BCUT2D eigenvalue weighted by molar-refractivity contribution is 14.1. The van der Waals surface area contributed by atoms with Gasteiger partial charge >= 0.3 is 5.69 Å². The fraction of sp³-hybridized carbons (Fsp3) is 0.0909. The lowest BCUT2D eigenvalue weighted by Crippen LogP contribution is -2.11. The summed E-state index contributed by atoms with van der Waals surface area (Å²) in [6, 6.07) is 4.49. The maximum Gasteiger partial charge on any atom is 0.311 e. The van der Waals surface area contributed by atoms with Crippen molar-refractivity contribution in [3.05, 3.63) is 54.1 Å². The molecule has 0 radical (unpaired) electrons. The van der Waals surface area contributed by atoms with Crippen LogP contribution in [0.25, 0.3) is 0 Å². The van der Waals surface area contributed by atoms with Gasteiger partial charge in [-0.2, -0.15) is 0 Å². The molecular weight excluding hydrogens is 365 g/mol. The van der Waals surface area contributed by atoms with Crippen LogP contribution < -0.4 is 10.3 Å². The molecule has 7 nitrogen and oxygen atoms in total. The van der Waals surface area contributed by atoms with Gasteiger partial charge in [0.05, 0.1) is 11.3 Å². The zero-order valence-corrected chi connectivity index (χ0v) is 11.9. The Labute approximate surface area is 120 Å². The third-order valence-electron chi connectivity index (χ3n) is 2.28. The van der Waals surface area contributed by atoms with Crippen molar-refractivity contribution in [2.45, 2.75) is 6.92 Å². The van der Waals surface area contributed by atoms with E-state index in [1.165, 1.54) is 18.5 Å². The Morgan fingerprint density at radius 3 is 2.89 bits per heavy atom. The first kappa shape index (κ1) is 13.5. The van der Waals surface area contributed by atoms with Crippen molar-refractivity contribution in [3.8, 4) is 11.6 Å². The number of ether oxygens (including phenoxy) is 1. The number of halogens is 1. The van der Waals surface area contributed by atoms with Crippen LogP contribution in [0.5, 0.6) is 11.6 Å². The van der Waals surface area contributed by atoms with E-state index >= 15 is 0 Å². The van der Waals surface area contributed by atoms with E-state index in [4.69, 9.17) is 4.74 Å². The van der Waals surface area contributed by atoms with Crippen molar-refractivity contribution in [2.24, 2.45) is 0 Å². The molecule has 8 heteroatoms. The number of hydrogen-bond acceptors (Lipinski definition) is 5. The minimum Gasteiger partial charge on any atom is -0.430 e. The molecule has 0 spiro atoms. The fourth-order valence-corrected chi connectivity index (χ4v) is 1.80. The van der Waals surface area contributed by atoms with Crippen LogP contribution in [0.4, 0.5) is 5.69 Å². The predicted octanol–water partition coefficient (Wildman–Crippen LogP) is 2.38. The molecule has 0 unspecified atom stereocenters. The lowest BCUT2D eigenvalue weighted by molar-refractivity contribution is -0.385. The van der Waals surface area contributed by atoms with Crippen molar-refractivity contribution < 1.29 is 9.66 Å². The minimum absolute atomic E-state index is 0.0399. The third kappa shape index (κ3) is 2.89. The van der Waals surface area contributed by atoms with E-state index in [-0.39, 0.29) is 26.4 Å². The summed E-state index contributed by atoms with van der Waals surface area (Å²) in [4.78, 5) is 28.0. The summed E-state index contributed by atoms with van der Waals surface area (Å²) in [5.41, 5.74) is 0.268. The third-order valence-corrected chi connectivity index (χ3v) is 3.23. The van der Waals surface area contributed by atoms with Gasteiger partial charge in [0.1, 0.15) is 3.57 Å². The largest absolute Gasteiger partial charge is 0.430 e. The lowest BCUT2D eigenvalue weighted by Gasteiger charge is -2.06. The first-order valence-corrected chi connectivity index (χ1v) is 6.23. The highest BCUT2D eigenvalue weighted by Gasteiger charge is 2.18. The van der Waals surface area contributed by atoms with Gasteiger partial charge in [0, 0.05) is 6.07 Å². The molecule has 0 bridgehead atoms. The molecular formula is C11H8IN3O4. The average Bonchev–Trinajstić information content (AvgIpc) is 2.35. The number of nitrogens with one attached hydrogen (secondary N) is 1. The number of hydrogen-bond donors (Lipinski definition) is 1. The summed E-state index contributed by atoms with van der Waals surface area (Å²) in [7, 11) is 0. The van der Waals surface area contributed by atoms with Crippen molar-refractivity contribution in [1.82, 2.24) is 9.97 Å². The van der Waals surface area contributed by atoms with Gasteiger partial charge in [-0.05, 0) is 41.1 Å². The number of nitro groups is 1. The highest BCUT2D eigenvalue weighted by Crippen LogP contribution is 2.32. The number of nitro benzene ring substituents is 1. The average molecular weight is 373 g/mol. The van der Waals surface area contributed by atoms with Gasteiger partial charge in [0.2, 0.25) is 11.6 Å². The van der Waals surface area contributed by atoms with Crippen LogP contribution in [0.3, 0.4) is 0 Å². The standard InChI is InChI=1S/C11H8IN3O4/c1-6-2-3-7(15(17)18)8(4-6)19-11-9(12)10(16)13-5-14-11/h2-5H,1H3,(H,13,14,16). The van der Waals surface area contributed by atoms with Crippen LogP contribution in [0.1, 0.15) is 5.56 Å². The summed E-state index contributed by atoms with van der Waals surface area (Å²) in [6.07, 6.45) is 1.18. The topological polar surface area (TPSA) is 98.1 Å². The molecule has 0 aliphatic carbocycles. The molecule has 98 valence electrons. The first-order chi connectivity index (χ1) is 8.99. The summed E-state index contributed by atoms with van der Waals surface area (Å²) in [5.74, 6) is 0.0964. The maximum absolute atomic E-state index is 11.4. The molecule has 0 saturated heterocycles. The monoisotopic (exact) mass is 373 g/mol. The normalized spacial score (nSPS) is 10.2. The first-order valence-electron chi connectivity index (χ1n) is 5.15. The van der Waals surface area contributed by atoms with E-state index in [0.717, 1.165) is 5.56 Å². The second-order valence-corrected chi connectivity index (χ2v) is 4.76. The molecule has 0 fully saturated rings. The van der Waals surface area contributed by atoms with Gasteiger partial charge in [-0.15, -0.1) is 0 Å². The molecule has 1 aromatic carbocycles. The van der Waals surface area contributed by atoms with E-state index in [0.29, 0.717) is 0 Å². The molecule has 0 aliphatic heterocycles. The number of H-pyrrole nitrogens is 1. The van der Waals surface area contributed by atoms with E-state index in [9.17, 15) is 14.9 Å². The van der Waals surface area contributed by atoms with Crippen molar-refractivity contribution in [2.75, 3.05) is 0 Å². The number of aromatic amines is 1. The van der Waals surface area contributed by atoms with Gasteiger partial charge in [-0.1, -0.05) is 6.07 Å². The number of rotatable bonds is 3. The van der Waals surface area contributed by atoms with Crippen LogP contribution in [0.15, 0.2) is 29.3 Å². The zero-order chi connectivity index (χ0) is 14.0. The Morgan fingerprint density at radius 2 is 2.21 bits per heavy atom. The van der Waals surface area contributed by atoms with Gasteiger partial charge < -0.3 is 9.72 Å². The van der Waals surface area contributed by atoms with Crippen molar-refractivity contribution in [1.29, 1.82) is 0 Å². The molecule has 0 atom stereocenters. The summed E-state index contributed by atoms with van der Waals surface area (Å²) < 4.78 is 5.62.